The first-order chi connectivity index (χ1) is 12.0. The first-order valence-electron chi connectivity index (χ1n) is 9.23. The van der Waals surface area contributed by atoms with E-state index < -0.39 is 0 Å². The smallest absolute Gasteiger partial charge is 0.233 e. The number of likely N-dealkylation sites (tertiary alicyclic amines) is 1. The standard InChI is InChI=1S/C18H29ClN4OS/c1-4-8-22(9-5-2)16-12-15(19)20-18(21-16)25-13-17(24)23-10-6-14(3)7-11-23/h12,14H,4-11,13H2,1-3H3. The maximum absolute atomic E-state index is 12.4. The summed E-state index contributed by atoms with van der Waals surface area (Å²) in [7, 11) is 0. The minimum Gasteiger partial charge on any atom is -0.356 e. The van der Waals surface area contributed by atoms with Gasteiger partial charge in [-0.15, -0.1) is 0 Å². The molecule has 1 aliphatic rings. The maximum atomic E-state index is 12.4. The fourth-order valence-electron chi connectivity index (χ4n) is 2.97. The molecule has 140 valence electrons. The van der Waals surface area contributed by atoms with E-state index in [0.29, 0.717) is 16.1 Å². The van der Waals surface area contributed by atoms with Gasteiger partial charge in [-0.1, -0.05) is 44.1 Å². The molecule has 0 aromatic carbocycles. The number of anilines is 1. The number of aromatic nitrogens is 2. The quantitative estimate of drug-likeness (QED) is 0.383. The summed E-state index contributed by atoms with van der Waals surface area (Å²) in [5.41, 5.74) is 0. The molecule has 1 saturated heterocycles. The van der Waals surface area contributed by atoms with Gasteiger partial charge in [0.25, 0.3) is 0 Å². The molecule has 7 heteroatoms. The van der Waals surface area contributed by atoms with Crippen LogP contribution in [-0.2, 0) is 4.79 Å². The summed E-state index contributed by atoms with van der Waals surface area (Å²) in [5.74, 6) is 2.11. The summed E-state index contributed by atoms with van der Waals surface area (Å²) in [6.07, 6.45) is 4.29. The van der Waals surface area contributed by atoms with Gasteiger partial charge in [-0.2, -0.15) is 0 Å². The lowest BCUT2D eigenvalue weighted by molar-refractivity contribution is -0.129. The molecule has 0 saturated carbocycles. The van der Waals surface area contributed by atoms with Crippen molar-refractivity contribution in [1.82, 2.24) is 14.9 Å². The van der Waals surface area contributed by atoms with Crippen molar-refractivity contribution in [3.63, 3.8) is 0 Å². The van der Waals surface area contributed by atoms with Gasteiger partial charge >= 0.3 is 0 Å². The molecular formula is C18H29ClN4OS. The molecule has 5 nitrogen and oxygen atoms in total. The normalized spacial score (nSPS) is 15.4. The highest BCUT2D eigenvalue weighted by Crippen LogP contribution is 2.23. The molecule has 0 N–H and O–H groups in total. The summed E-state index contributed by atoms with van der Waals surface area (Å²) >= 11 is 7.57. The Morgan fingerprint density at radius 3 is 2.52 bits per heavy atom. The van der Waals surface area contributed by atoms with Crippen molar-refractivity contribution in [2.45, 2.75) is 51.6 Å². The van der Waals surface area contributed by atoms with E-state index in [4.69, 9.17) is 11.6 Å². The van der Waals surface area contributed by atoms with E-state index in [0.717, 1.165) is 63.6 Å². The number of piperidine rings is 1. The Kier molecular flexibility index (Phi) is 8.30. The van der Waals surface area contributed by atoms with Crippen molar-refractivity contribution in [2.24, 2.45) is 5.92 Å². The van der Waals surface area contributed by atoms with Crippen LogP contribution in [0.2, 0.25) is 5.15 Å². The lowest BCUT2D eigenvalue weighted by atomic mass is 9.99. The van der Waals surface area contributed by atoms with E-state index in [9.17, 15) is 4.79 Å². The highest BCUT2D eigenvalue weighted by atomic mass is 35.5. The van der Waals surface area contributed by atoms with Gasteiger partial charge in [-0.3, -0.25) is 4.79 Å². The Bertz CT molecular complexity index is 558. The van der Waals surface area contributed by atoms with Crippen molar-refractivity contribution in [3.8, 4) is 0 Å². The number of nitrogens with zero attached hydrogens (tertiary/aromatic N) is 4. The molecule has 25 heavy (non-hydrogen) atoms. The molecule has 0 unspecified atom stereocenters. The first kappa shape index (κ1) is 20.3. The second-order valence-electron chi connectivity index (χ2n) is 6.67. The van der Waals surface area contributed by atoms with Crippen LogP contribution in [0.5, 0.6) is 0 Å². The van der Waals surface area contributed by atoms with Crippen LogP contribution in [0, 0.1) is 5.92 Å². The molecule has 0 aliphatic carbocycles. The lowest BCUT2D eigenvalue weighted by Gasteiger charge is -2.30. The number of hydrogen-bond acceptors (Lipinski definition) is 5. The number of hydrogen-bond donors (Lipinski definition) is 0. The lowest BCUT2D eigenvalue weighted by Crippen LogP contribution is -2.38. The number of halogens is 1. The predicted octanol–water partition coefficient (Wildman–Crippen LogP) is 4.11. The van der Waals surface area contributed by atoms with Crippen molar-refractivity contribution in [3.05, 3.63) is 11.2 Å². The molecule has 0 bridgehead atoms. The Morgan fingerprint density at radius 1 is 1.28 bits per heavy atom. The zero-order valence-electron chi connectivity index (χ0n) is 15.5. The average Bonchev–Trinajstić information content (AvgIpc) is 2.59. The summed E-state index contributed by atoms with van der Waals surface area (Å²) < 4.78 is 0. The van der Waals surface area contributed by atoms with Crippen LogP contribution in [0.3, 0.4) is 0 Å². The molecule has 1 aliphatic heterocycles. The van der Waals surface area contributed by atoms with Gasteiger partial charge in [-0.25, -0.2) is 9.97 Å². The Balaban J connectivity index is 1.98. The summed E-state index contributed by atoms with van der Waals surface area (Å²) in [6.45, 7) is 10.2. The van der Waals surface area contributed by atoms with Gasteiger partial charge in [-0.05, 0) is 31.6 Å². The predicted molar refractivity (Wildman–Crippen MR) is 106 cm³/mol. The average molecular weight is 385 g/mol. The number of amides is 1. The summed E-state index contributed by atoms with van der Waals surface area (Å²) in [6, 6.07) is 1.81. The maximum Gasteiger partial charge on any atom is 0.233 e. The second kappa shape index (κ2) is 10.2. The van der Waals surface area contributed by atoms with E-state index in [2.05, 4.69) is 35.6 Å². The zero-order chi connectivity index (χ0) is 18.2. The fourth-order valence-corrected chi connectivity index (χ4v) is 3.95. The third kappa shape index (κ3) is 6.33. The molecule has 1 fully saturated rings. The van der Waals surface area contributed by atoms with Crippen LogP contribution >= 0.6 is 23.4 Å². The number of carbonyl (C=O) groups is 1. The third-order valence-corrected chi connectivity index (χ3v) is 5.46. The molecule has 0 spiro atoms. The zero-order valence-corrected chi connectivity index (χ0v) is 17.1. The number of rotatable bonds is 8. The molecule has 1 amide bonds. The van der Waals surface area contributed by atoms with E-state index in [1.54, 1.807) is 0 Å². The van der Waals surface area contributed by atoms with E-state index in [1.807, 2.05) is 11.0 Å². The molecule has 2 heterocycles. The van der Waals surface area contributed by atoms with Gasteiger partial charge in [0, 0.05) is 32.2 Å². The van der Waals surface area contributed by atoms with Gasteiger partial charge in [0.15, 0.2) is 5.16 Å². The van der Waals surface area contributed by atoms with Gasteiger partial charge in [0.1, 0.15) is 11.0 Å². The van der Waals surface area contributed by atoms with Gasteiger partial charge in [0.2, 0.25) is 5.91 Å². The molecule has 2 rings (SSSR count). The second-order valence-corrected chi connectivity index (χ2v) is 8.00. The Morgan fingerprint density at radius 2 is 1.92 bits per heavy atom. The number of carbonyl (C=O) groups excluding carboxylic acids is 1. The van der Waals surface area contributed by atoms with Crippen molar-refractivity contribution in [1.29, 1.82) is 0 Å². The van der Waals surface area contributed by atoms with E-state index in [1.165, 1.54) is 11.8 Å². The molecular weight excluding hydrogens is 356 g/mol. The first-order valence-corrected chi connectivity index (χ1v) is 10.6. The SMILES string of the molecule is CCCN(CCC)c1cc(Cl)nc(SCC(=O)N2CCC(C)CC2)n1. The van der Waals surface area contributed by atoms with Gasteiger partial charge < -0.3 is 9.80 Å². The monoisotopic (exact) mass is 384 g/mol. The van der Waals surface area contributed by atoms with Crippen molar-refractivity contribution in [2.75, 3.05) is 36.8 Å². The number of thioether (sulfide) groups is 1. The molecule has 1 aromatic heterocycles. The fraction of sp³-hybridized carbons (Fsp3) is 0.722. The van der Waals surface area contributed by atoms with Crippen LogP contribution in [0.15, 0.2) is 11.2 Å². The topological polar surface area (TPSA) is 49.3 Å². The summed E-state index contributed by atoms with van der Waals surface area (Å²) in [4.78, 5) is 25.5. The highest BCUT2D eigenvalue weighted by Gasteiger charge is 2.21. The van der Waals surface area contributed by atoms with E-state index >= 15 is 0 Å². The largest absolute Gasteiger partial charge is 0.356 e. The Hall–Kier alpha value is -1.01. The molecule has 0 radical (unpaired) electrons. The van der Waals surface area contributed by atoms with Crippen molar-refractivity contribution < 1.29 is 4.79 Å². The van der Waals surface area contributed by atoms with Crippen LogP contribution in [0.4, 0.5) is 5.82 Å². The Labute approximate surface area is 160 Å². The van der Waals surface area contributed by atoms with Crippen LogP contribution in [0.1, 0.15) is 46.5 Å². The molecule has 1 aromatic rings. The molecule has 0 atom stereocenters. The van der Waals surface area contributed by atoms with Crippen LogP contribution in [0.25, 0.3) is 0 Å². The summed E-state index contributed by atoms with van der Waals surface area (Å²) in [5, 5.41) is 1.02. The van der Waals surface area contributed by atoms with Gasteiger partial charge in [0.05, 0.1) is 5.75 Å². The minimum atomic E-state index is 0.168. The van der Waals surface area contributed by atoms with Crippen molar-refractivity contribution >= 4 is 35.1 Å². The van der Waals surface area contributed by atoms with Crippen LogP contribution < -0.4 is 4.90 Å². The highest BCUT2D eigenvalue weighted by molar-refractivity contribution is 7.99. The minimum absolute atomic E-state index is 0.168. The van der Waals surface area contributed by atoms with E-state index in [-0.39, 0.29) is 5.91 Å². The van der Waals surface area contributed by atoms with Crippen LogP contribution in [-0.4, -0.2) is 52.7 Å². The third-order valence-electron chi connectivity index (χ3n) is 4.43.